The zero-order valence-corrected chi connectivity index (χ0v) is 14.1. The number of hydrogen-bond donors (Lipinski definition) is 0. The van der Waals surface area contributed by atoms with Gasteiger partial charge in [-0.2, -0.15) is 0 Å². The molecule has 1 aliphatic rings. The molecule has 21 heavy (non-hydrogen) atoms. The number of rotatable bonds is 4. The number of benzene rings is 2. The van der Waals surface area contributed by atoms with Crippen molar-refractivity contribution < 1.29 is 8.42 Å². The third-order valence-electron chi connectivity index (χ3n) is 3.43. The predicted octanol–water partition coefficient (Wildman–Crippen LogP) is 2.95. The Morgan fingerprint density at radius 3 is 1.86 bits per heavy atom. The molecule has 0 saturated carbocycles. The molecule has 1 saturated heterocycles. The van der Waals surface area contributed by atoms with Gasteiger partial charge in [-0.25, -0.2) is 8.42 Å². The molecule has 0 spiro atoms. The maximum absolute atomic E-state index is 11.7. The Labute approximate surface area is 131 Å². The normalized spacial score (nSPS) is 20.7. The van der Waals surface area contributed by atoms with Crippen LogP contribution >= 0.6 is 18.5 Å². The molecule has 0 N–H and O–H groups in total. The molecule has 0 aromatic heterocycles. The molecule has 1 unspecified atom stereocenters. The average molecular weight is 336 g/mol. The molecular formula is C16H17O2PS2. The van der Waals surface area contributed by atoms with Gasteiger partial charge < -0.3 is 0 Å². The summed E-state index contributed by atoms with van der Waals surface area (Å²) in [5.41, 5.74) is 0. The van der Waals surface area contributed by atoms with Crippen LogP contribution in [0.1, 0.15) is 6.42 Å². The number of sulfone groups is 1. The second kappa shape index (κ2) is 6.51. The largest absolute Gasteiger partial charge is 0.229 e. The first-order valence-corrected chi connectivity index (χ1v) is 11.6. The summed E-state index contributed by atoms with van der Waals surface area (Å²) < 4.78 is 23.4. The highest BCUT2D eigenvalue weighted by Gasteiger charge is 2.31. The summed E-state index contributed by atoms with van der Waals surface area (Å²) in [6.07, 6.45) is 0.783. The average Bonchev–Trinajstić information content (AvgIpc) is 2.86. The van der Waals surface area contributed by atoms with Crippen molar-refractivity contribution in [2.24, 2.45) is 0 Å². The van der Waals surface area contributed by atoms with Crippen molar-refractivity contribution in [1.29, 1.82) is 0 Å². The van der Waals surface area contributed by atoms with Crippen molar-refractivity contribution in [3.63, 3.8) is 0 Å². The Kier molecular flexibility index (Phi) is 4.68. The Balaban J connectivity index is 1.87. The van der Waals surface area contributed by atoms with Gasteiger partial charge in [0.15, 0.2) is 9.84 Å². The smallest absolute Gasteiger partial charge is 0.151 e. The van der Waals surface area contributed by atoms with Crippen LogP contribution in [0.25, 0.3) is 0 Å². The minimum Gasteiger partial charge on any atom is -0.229 e. The van der Waals surface area contributed by atoms with Crippen LogP contribution in [0.5, 0.6) is 0 Å². The quantitative estimate of drug-likeness (QED) is 0.805. The fraction of sp³-hybridized carbons (Fsp3) is 0.250. The zero-order chi connectivity index (χ0) is 14.7. The lowest BCUT2D eigenvalue weighted by Gasteiger charge is -2.20. The molecule has 1 atom stereocenters. The molecule has 0 aliphatic carbocycles. The molecule has 3 rings (SSSR count). The van der Waals surface area contributed by atoms with Crippen LogP contribution in [0.2, 0.25) is 0 Å². The summed E-state index contributed by atoms with van der Waals surface area (Å²) in [5.74, 6) is 0.674. The summed E-state index contributed by atoms with van der Waals surface area (Å²) >= 11 is 1.85. The van der Waals surface area contributed by atoms with E-state index in [-0.39, 0.29) is 5.25 Å². The van der Waals surface area contributed by atoms with E-state index >= 15 is 0 Å². The second-order valence-corrected chi connectivity index (χ2v) is 11.6. The fourth-order valence-corrected chi connectivity index (χ4v) is 10.1. The lowest BCUT2D eigenvalue weighted by atomic mass is 10.4. The van der Waals surface area contributed by atoms with Gasteiger partial charge in [0.1, 0.15) is 0 Å². The van der Waals surface area contributed by atoms with Crippen LogP contribution < -0.4 is 10.6 Å². The van der Waals surface area contributed by atoms with Crippen LogP contribution in [0.15, 0.2) is 60.7 Å². The highest BCUT2D eigenvalue weighted by molar-refractivity contribution is 8.60. The topological polar surface area (TPSA) is 34.1 Å². The Morgan fingerprint density at radius 1 is 0.905 bits per heavy atom. The Morgan fingerprint density at radius 2 is 1.43 bits per heavy atom. The van der Waals surface area contributed by atoms with Crippen LogP contribution in [0, 0.1) is 0 Å². The van der Waals surface area contributed by atoms with Crippen molar-refractivity contribution in [3.8, 4) is 0 Å². The van der Waals surface area contributed by atoms with Crippen LogP contribution in [-0.4, -0.2) is 25.2 Å². The number of hydrogen-bond acceptors (Lipinski definition) is 3. The minimum atomic E-state index is -2.82. The van der Waals surface area contributed by atoms with E-state index in [0.717, 1.165) is 6.42 Å². The molecule has 1 aliphatic heterocycles. The lowest BCUT2D eigenvalue weighted by Crippen LogP contribution is -2.13. The third-order valence-corrected chi connectivity index (χ3v) is 10.6. The SMILES string of the molecule is O=S1(=O)CCC(SP(c2ccccc2)c2ccccc2)C1. The first-order valence-electron chi connectivity index (χ1n) is 6.91. The van der Waals surface area contributed by atoms with E-state index in [9.17, 15) is 8.42 Å². The van der Waals surface area contributed by atoms with Gasteiger partial charge in [-0.15, -0.1) is 11.4 Å². The highest BCUT2D eigenvalue weighted by Crippen LogP contribution is 2.52. The molecule has 110 valence electrons. The van der Waals surface area contributed by atoms with E-state index in [4.69, 9.17) is 0 Å². The maximum atomic E-state index is 11.7. The Bertz CT molecular complexity index is 647. The third kappa shape index (κ3) is 3.88. The first kappa shape index (κ1) is 15.1. The van der Waals surface area contributed by atoms with Crippen molar-refractivity contribution in [2.45, 2.75) is 11.7 Å². The maximum Gasteiger partial charge on any atom is 0.151 e. The van der Waals surface area contributed by atoms with E-state index in [1.165, 1.54) is 10.6 Å². The summed E-state index contributed by atoms with van der Waals surface area (Å²) in [4.78, 5) is 0. The molecule has 0 amide bonds. The van der Waals surface area contributed by atoms with Crippen molar-refractivity contribution >= 4 is 39.0 Å². The van der Waals surface area contributed by atoms with Gasteiger partial charge in [0.05, 0.1) is 11.5 Å². The van der Waals surface area contributed by atoms with Crippen LogP contribution in [0.3, 0.4) is 0 Å². The Hall–Kier alpha value is -0.830. The summed E-state index contributed by atoms with van der Waals surface area (Å²) in [6, 6.07) is 20.9. The first-order chi connectivity index (χ1) is 10.1. The molecule has 0 radical (unpaired) electrons. The van der Waals surface area contributed by atoms with Gasteiger partial charge in [-0.1, -0.05) is 60.7 Å². The van der Waals surface area contributed by atoms with Gasteiger partial charge in [-0.05, 0) is 17.0 Å². The van der Waals surface area contributed by atoms with Gasteiger partial charge in [0.2, 0.25) is 0 Å². The molecule has 2 nitrogen and oxygen atoms in total. The predicted molar refractivity (Wildman–Crippen MR) is 93.7 cm³/mol. The highest BCUT2D eigenvalue weighted by atomic mass is 32.7. The molecule has 0 bridgehead atoms. The van der Waals surface area contributed by atoms with E-state index in [0.29, 0.717) is 11.5 Å². The molecule has 2 aromatic rings. The van der Waals surface area contributed by atoms with Crippen molar-refractivity contribution in [3.05, 3.63) is 60.7 Å². The zero-order valence-electron chi connectivity index (χ0n) is 11.6. The summed E-state index contributed by atoms with van der Waals surface area (Å²) in [7, 11) is -3.37. The fourth-order valence-electron chi connectivity index (χ4n) is 2.39. The molecule has 5 heteroatoms. The van der Waals surface area contributed by atoms with Crippen molar-refractivity contribution in [2.75, 3.05) is 11.5 Å². The monoisotopic (exact) mass is 336 g/mol. The second-order valence-electron chi connectivity index (χ2n) is 5.10. The molecular weight excluding hydrogens is 319 g/mol. The van der Waals surface area contributed by atoms with E-state index in [2.05, 4.69) is 48.5 Å². The minimum absolute atomic E-state index is 0.224. The van der Waals surface area contributed by atoms with Gasteiger partial charge in [0.25, 0.3) is 0 Å². The molecule has 2 aromatic carbocycles. The summed E-state index contributed by atoms with van der Waals surface area (Å²) in [6.45, 7) is 0. The van der Waals surface area contributed by atoms with Crippen molar-refractivity contribution in [1.82, 2.24) is 0 Å². The van der Waals surface area contributed by atoms with Crippen LogP contribution in [0.4, 0.5) is 0 Å². The van der Waals surface area contributed by atoms with E-state index in [1.54, 1.807) is 0 Å². The summed E-state index contributed by atoms with van der Waals surface area (Å²) in [5, 5.41) is 2.82. The van der Waals surface area contributed by atoms with Gasteiger partial charge in [-0.3, -0.25) is 0 Å². The van der Waals surface area contributed by atoms with Crippen LogP contribution in [-0.2, 0) is 9.84 Å². The lowest BCUT2D eigenvalue weighted by molar-refractivity contribution is 0.602. The molecule has 1 fully saturated rings. The van der Waals surface area contributed by atoms with Gasteiger partial charge >= 0.3 is 0 Å². The van der Waals surface area contributed by atoms with E-state index in [1.807, 2.05) is 23.5 Å². The van der Waals surface area contributed by atoms with Gasteiger partial charge in [0, 0.05) is 12.4 Å². The molecule has 1 heterocycles. The standard InChI is InChI=1S/C16H17O2PS2/c17-21(18)12-11-16(13-21)20-19(14-7-3-1-4-8-14)15-9-5-2-6-10-15/h1-10,16H,11-13H2. The van der Waals surface area contributed by atoms with E-state index < -0.39 is 17.0 Å².